The van der Waals surface area contributed by atoms with Crippen LogP contribution in [0.25, 0.3) is 0 Å². The van der Waals surface area contributed by atoms with E-state index in [0.717, 1.165) is 11.2 Å². The summed E-state index contributed by atoms with van der Waals surface area (Å²) in [4.78, 5) is 2.72. The summed E-state index contributed by atoms with van der Waals surface area (Å²) >= 11 is 0. The Morgan fingerprint density at radius 1 is 0.889 bits per heavy atom. The molecule has 1 heterocycles. The van der Waals surface area contributed by atoms with Crippen molar-refractivity contribution in [1.29, 1.82) is 0 Å². The first-order chi connectivity index (χ1) is 12.1. The van der Waals surface area contributed by atoms with E-state index in [1.54, 1.807) is 0 Å². The molecule has 0 amide bonds. The van der Waals surface area contributed by atoms with Gasteiger partial charge in [0.25, 0.3) is 0 Å². The summed E-state index contributed by atoms with van der Waals surface area (Å²) in [5.74, 6) is 0. The van der Waals surface area contributed by atoms with E-state index in [1.165, 1.54) is 24.2 Å². The number of hydrogen-bond acceptors (Lipinski definition) is 2. The Labute approximate surface area is 172 Å². The highest BCUT2D eigenvalue weighted by molar-refractivity contribution is 7.89. The Kier molecular flexibility index (Phi) is 6.11. The Balaban J connectivity index is 2.57. The van der Waals surface area contributed by atoms with Crippen molar-refractivity contribution in [3.05, 3.63) is 23.8 Å². The summed E-state index contributed by atoms with van der Waals surface area (Å²) in [7, 11) is -3.75. The van der Waals surface area contributed by atoms with Crippen LogP contribution < -0.4 is 10.6 Å². The highest BCUT2D eigenvalue weighted by Gasteiger charge is 2.66. The van der Waals surface area contributed by atoms with Crippen molar-refractivity contribution in [2.45, 2.75) is 90.8 Å². The second-order valence-corrected chi connectivity index (χ2v) is 52.9. The fourth-order valence-corrected chi connectivity index (χ4v) is 114. The molecule has 1 aliphatic heterocycles. The van der Waals surface area contributed by atoms with Crippen molar-refractivity contribution in [3.8, 4) is 0 Å². The molecule has 2 nitrogen and oxygen atoms in total. The molecule has 0 aromatic heterocycles. The first-order valence-electron chi connectivity index (χ1n) is 10.7. The molecule has 1 aromatic carbocycles. The summed E-state index contributed by atoms with van der Waals surface area (Å²) in [5.41, 5.74) is 10.6. The van der Waals surface area contributed by atoms with Gasteiger partial charge in [-0.2, -0.15) is 0 Å². The molecule has 0 bridgehead atoms. The number of nitrogen functional groups attached to an aromatic ring is 1. The maximum atomic E-state index is 6.09. The molecule has 0 aliphatic carbocycles. The molecule has 0 spiro atoms. The van der Waals surface area contributed by atoms with Crippen molar-refractivity contribution in [1.82, 2.24) is 0 Å². The zero-order valence-electron chi connectivity index (χ0n) is 19.8. The zero-order valence-corrected chi connectivity index (χ0v) is 23.8. The van der Waals surface area contributed by atoms with Gasteiger partial charge in [0.15, 0.2) is 0 Å². The third-order valence-corrected chi connectivity index (χ3v) is 81.6. The van der Waals surface area contributed by atoms with Crippen LogP contribution in [0.4, 0.5) is 11.4 Å². The number of rotatable bonds is 5. The molecule has 1 fully saturated rings. The summed E-state index contributed by atoms with van der Waals surface area (Å²) in [5, 5.41) is 0. The molecule has 2 unspecified atom stereocenters. The molecular formula is C21H44N2Si4. The van der Waals surface area contributed by atoms with Crippen molar-refractivity contribution in [2.24, 2.45) is 0 Å². The average molecular weight is 437 g/mol. The van der Waals surface area contributed by atoms with Crippen LogP contribution in [0.15, 0.2) is 18.2 Å². The van der Waals surface area contributed by atoms with E-state index in [9.17, 15) is 0 Å². The average Bonchev–Trinajstić information content (AvgIpc) is 2.80. The molecule has 0 radical (unpaired) electrons. The summed E-state index contributed by atoms with van der Waals surface area (Å²) in [6, 6.07) is 7.34. The van der Waals surface area contributed by atoms with Gasteiger partial charge in [-0.1, -0.05) is 58.9 Å². The Bertz CT molecular complexity index is 647. The van der Waals surface area contributed by atoms with Gasteiger partial charge in [0.2, 0.25) is 0 Å². The SMILES string of the molecule is Cc1cc(N2CCC([Si]([Si](C)(C)C)([Si](C)(C)C)[Si](C)(C)C)C2C)ccc1N. The lowest BCUT2D eigenvalue weighted by atomic mass is 10.1. The van der Waals surface area contributed by atoms with Gasteiger partial charge in [-0.3, -0.25) is 0 Å². The summed E-state index contributed by atoms with van der Waals surface area (Å²) in [6.07, 6.45) is 1.41. The van der Waals surface area contributed by atoms with Gasteiger partial charge >= 0.3 is 0 Å². The largest absolute Gasteiger partial charge is 0.399 e. The highest BCUT2D eigenvalue weighted by Crippen LogP contribution is 2.51. The van der Waals surface area contributed by atoms with Gasteiger partial charge in [-0.15, -0.1) is 0 Å². The standard InChI is InChI=1S/C21H44N2Si4/c1-17-16-19(12-13-20(17)22)23-15-14-21(18(23)2)27(24(3,4)5,25(6,7)8)26(9,10)11/h12-13,16,18,21H,14-15,22H2,1-11H3. The van der Waals surface area contributed by atoms with Crippen molar-refractivity contribution >= 4 is 40.8 Å². The minimum Gasteiger partial charge on any atom is -0.399 e. The van der Waals surface area contributed by atoms with Crippen LogP contribution >= 0.6 is 0 Å². The molecule has 154 valence electrons. The van der Waals surface area contributed by atoms with Crippen LogP contribution in [0.3, 0.4) is 0 Å². The Morgan fingerprint density at radius 3 is 1.78 bits per heavy atom. The minimum atomic E-state index is -1.38. The summed E-state index contributed by atoms with van der Waals surface area (Å²) in [6.45, 7) is 29.1. The maximum Gasteiger partial charge on any atom is 0.0430 e. The van der Waals surface area contributed by atoms with Crippen LogP contribution in [-0.2, 0) is 0 Å². The molecule has 2 atom stereocenters. The highest BCUT2D eigenvalue weighted by atomic mass is 29.9. The van der Waals surface area contributed by atoms with E-state index in [1.807, 2.05) is 0 Å². The van der Waals surface area contributed by atoms with Crippen LogP contribution in [-0.4, -0.2) is 42.0 Å². The molecule has 2 N–H and O–H groups in total. The zero-order chi connectivity index (χ0) is 21.0. The molecule has 1 aliphatic rings. The number of nitrogens with zero attached hydrogens (tertiary/aromatic N) is 1. The fourth-order valence-electron chi connectivity index (χ4n) is 7.76. The van der Waals surface area contributed by atoms with Crippen LogP contribution in [0, 0.1) is 6.92 Å². The predicted octanol–water partition coefficient (Wildman–Crippen LogP) is 6.24. The van der Waals surface area contributed by atoms with E-state index < -0.39 is 29.4 Å². The first kappa shape index (κ1) is 23.0. The number of hydrogen-bond donors (Lipinski definition) is 1. The lowest BCUT2D eigenvalue weighted by Gasteiger charge is -2.62. The van der Waals surface area contributed by atoms with E-state index >= 15 is 0 Å². The second kappa shape index (κ2) is 7.18. The Morgan fingerprint density at radius 2 is 1.37 bits per heavy atom. The lowest BCUT2D eigenvalue weighted by Crippen LogP contribution is -2.85. The van der Waals surface area contributed by atoms with Gasteiger partial charge in [0.05, 0.1) is 0 Å². The first-order valence-corrected chi connectivity index (χ1v) is 26.3. The van der Waals surface area contributed by atoms with Crippen molar-refractivity contribution in [3.63, 3.8) is 0 Å². The summed E-state index contributed by atoms with van der Waals surface area (Å²) < 4.78 is 0. The van der Waals surface area contributed by atoms with Gasteiger partial charge in [0.1, 0.15) is 0 Å². The minimum absolute atomic E-state index is 0.671. The van der Waals surface area contributed by atoms with Crippen LogP contribution in [0.2, 0.25) is 64.5 Å². The van der Waals surface area contributed by atoms with E-state index in [0.29, 0.717) is 6.04 Å². The van der Waals surface area contributed by atoms with Gasteiger partial charge in [0, 0.05) is 53.4 Å². The van der Waals surface area contributed by atoms with Crippen molar-refractivity contribution in [2.75, 3.05) is 17.2 Å². The molecule has 1 saturated heterocycles. The molecule has 6 heteroatoms. The predicted molar refractivity (Wildman–Crippen MR) is 137 cm³/mol. The lowest BCUT2D eigenvalue weighted by molar-refractivity contribution is 0.724. The van der Waals surface area contributed by atoms with Gasteiger partial charge in [-0.05, 0) is 49.6 Å². The van der Waals surface area contributed by atoms with Crippen molar-refractivity contribution < 1.29 is 0 Å². The maximum absolute atomic E-state index is 6.09. The third kappa shape index (κ3) is 3.67. The quantitative estimate of drug-likeness (QED) is 0.437. The number of aryl methyl sites for hydroxylation is 1. The smallest absolute Gasteiger partial charge is 0.0430 e. The van der Waals surface area contributed by atoms with Crippen LogP contribution in [0.5, 0.6) is 0 Å². The fraction of sp³-hybridized carbons (Fsp3) is 0.714. The number of benzene rings is 1. The molecule has 27 heavy (non-hydrogen) atoms. The monoisotopic (exact) mass is 436 g/mol. The van der Waals surface area contributed by atoms with Gasteiger partial charge in [-0.25, -0.2) is 0 Å². The van der Waals surface area contributed by atoms with E-state index in [4.69, 9.17) is 5.73 Å². The third-order valence-electron chi connectivity index (χ3n) is 7.45. The van der Waals surface area contributed by atoms with Gasteiger partial charge < -0.3 is 10.6 Å². The second-order valence-electron chi connectivity index (χ2n) is 11.9. The van der Waals surface area contributed by atoms with E-state index in [2.05, 4.69) is 95.9 Å². The van der Waals surface area contributed by atoms with E-state index in [-0.39, 0.29) is 0 Å². The molecule has 1 aromatic rings. The normalized spacial score (nSPS) is 22.4. The van der Waals surface area contributed by atoms with Crippen LogP contribution in [0.1, 0.15) is 18.9 Å². The number of anilines is 2. The molecule has 2 rings (SSSR count). The molecule has 0 saturated carbocycles. The number of nitrogens with two attached hydrogens (primary N) is 1. The molecular weight excluding hydrogens is 393 g/mol. The topological polar surface area (TPSA) is 29.3 Å². The Hall–Kier alpha value is -0.312.